The Bertz CT molecular complexity index is 1460. The third-order valence-electron chi connectivity index (χ3n) is 6.17. The number of carbonyl (C=O) groups is 1. The molecule has 0 bridgehead atoms. The first kappa shape index (κ1) is 29.6. The van der Waals surface area contributed by atoms with Gasteiger partial charge < -0.3 is 35.9 Å². The van der Waals surface area contributed by atoms with Crippen molar-refractivity contribution in [1.29, 1.82) is 10.7 Å². The molecular weight excluding hydrogens is 506 g/mol. The second-order valence-electron chi connectivity index (χ2n) is 9.31. The number of methoxy groups -OCH3 is 1. The van der Waals surface area contributed by atoms with E-state index in [4.69, 9.17) is 10.1 Å². The van der Waals surface area contributed by atoms with Crippen molar-refractivity contribution in [2.75, 3.05) is 69.2 Å². The van der Waals surface area contributed by atoms with Gasteiger partial charge in [-0.3, -0.25) is 4.79 Å². The fraction of sp³-hybridized carbons (Fsp3) is 0.276. The lowest BCUT2D eigenvalue weighted by atomic mass is 9.98. The molecule has 0 saturated carbocycles. The first-order valence-corrected chi connectivity index (χ1v) is 12.5. The van der Waals surface area contributed by atoms with Crippen LogP contribution in [0.25, 0.3) is 11.3 Å². The van der Waals surface area contributed by atoms with Gasteiger partial charge in [-0.2, -0.15) is 5.26 Å². The Morgan fingerprint density at radius 1 is 1.20 bits per heavy atom. The third kappa shape index (κ3) is 6.92. The van der Waals surface area contributed by atoms with Gasteiger partial charge in [-0.25, -0.2) is 9.97 Å². The monoisotopic (exact) mass is 541 g/mol. The van der Waals surface area contributed by atoms with Crippen LogP contribution in [0.4, 0.5) is 28.7 Å². The lowest BCUT2D eigenvalue weighted by Crippen LogP contribution is -2.29. The molecule has 1 aromatic heterocycles. The van der Waals surface area contributed by atoms with E-state index in [1.807, 2.05) is 38.2 Å². The second-order valence-corrected chi connectivity index (χ2v) is 9.31. The number of nitriles is 1. The van der Waals surface area contributed by atoms with Crippen molar-refractivity contribution in [3.63, 3.8) is 0 Å². The van der Waals surface area contributed by atoms with Gasteiger partial charge in [0.1, 0.15) is 11.8 Å². The number of benzene rings is 2. The van der Waals surface area contributed by atoms with Crippen molar-refractivity contribution < 1.29 is 9.53 Å². The lowest BCUT2D eigenvalue weighted by molar-refractivity contribution is -0.111. The maximum Gasteiger partial charge on any atom is 0.247 e. The Morgan fingerprint density at radius 3 is 2.55 bits per heavy atom. The molecule has 11 nitrogen and oxygen atoms in total. The Hall–Kier alpha value is -4.95. The van der Waals surface area contributed by atoms with Gasteiger partial charge in [-0.05, 0) is 51.4 Å². The average molecular weight is 542 g/mol. The highest BCUT2D eigenvalue weighted by Gasteiger charge is 2.18. The molecular formula is C29H35N9O2. The summed E-state index contributed by atoms with van der Waals surface area (Å²) in [6.45, 7) is 6.77. The molecule has 2 aromatic carbocycles. The number of rotatable bonds is 12. The van der Waals surface area contributed by atoms with Gasteiger partial charge >= 0.3 is 0 Å². The van der Waals surface area contributed by atoms with Crippen LogP contribution in [-0.2, 0) is 4.79 Å². The van der Waals surface area contributed by atoms with E-state index in [1.165, 1.54) is 6.08 Å². The predicted molar refractivity (Wildman–Crippen MR) is 161 cm³/mol. The van der Waals surface area contributed by atoms with Crippen molar-refractivity contribution in [2.45, 2.75) is 6.92 Å². The molecule has 40 heavy (non-hydrogen) atoms. The standard InChI is InChI=1S/C29H35N9O2/c1-8-27(39)34-23-15-24(26(40-7)16-25(23)38(6)12-11-37(4)5)36-29-33-10-9-22(35-29)19-13-20(17-30)28(32-3)21(14-19)18(2)31/h8-10,13-16,31-32H,1,11-12H2,2-7H3,(H,34,39)(H,33,35,36). The van der Waals surface area contributed by atoms with E-state index >= 15 is 0 Å². The fourth-order valence-electron chi connectivity index (χ4n) is 4.05. The molecule has 0 saturated heterocycles. The zero-order valence-electron chi connectivity index (χ0n) is 23.7. The highest BCUT2D eigenvalue weighted by Crippen LogP contribution is 2.38. The maximum absolute atomic E-state index is 12.2. The summed E-state index contributed by atoms with van der Waals surface area (Å²) in [5.74, 6) is 0.478. The van der Waals surface area contributed by atoms with Crippen molar-refractivity contribution in [1.82, 2.24) is 14.9 Å². The molecule has 0 fully saturated rings. The van der Waals surface area contributed by atoms with Gasteiger partial charge in [0.15, 0.2) is 0 Å². The van der Waals surface area contributed by atoms with Gasteiger partial charge in [-0.15, -0.1) is 0 Å². The summed E-state index contributed by atoms with van der Waals surface area (Å²) in [5.41, 5.74) is 5.07. The highest BCUT2D eigenvalue weighted by molar-refractivity contribution is 6.04. The number of carbonyl (C=O) groups excluding carboxylic acids is 1. The number of nitrogens with one attached hydrogen (secondary N) is 4. The number of ether oxygens (including phenoxy) is 1. The number of aromatic nitrogens is 2. The number of anilines is 5. The van der Waals surface area contributed by atoms with Crippen LogP contribution >= 0.6 is 0 Å². The Kier molecular flexibility index (Phi) is 9.78. The average Bonchev–Trinajstić information content (AvgIpc) is 2.95. The summed E-state index contributed by atoms with van der Waals surface area (Å²) in [5, 5.41) is 27.0. The summed E-state index contributed by atoms with van der Waals surface area (Å²) in [6, 6.07) is 11.1. The summed E-state index contributed by atoms with van der Waals surface area (Å²) in [7, 11) is 9.23. The van der Waals surface area contributed by atoms with Crippen LogP contribution in [0.2, 0.25) is 0 Å². The van der Waals surface area contributed by atoms with Gasteiger partial charge in [0.2, 0.25) is 11.9 Å². The SMILES string of the molecule is C=CC(=O)Nc1cc(Nc2nccc(-c3cc(C#N)c(NC)c(C(C)=N)c3)n2)c(OC)cc1N(C)CCN(C)C. The largest absolute Gasteiger partial charge is 0.494 e. The molecule has 1 amide bonds. The van der Waals surface area contributed by atoms with Crippen molar-refractivity contribution in [3.05, 3.63) is 60.3 Å². The highest BCUT2D eigenvalue weighted by atomic mass is 16.5. The van der Waals surface area contributed by atoms with Gasteiger partial charge in [-0.1, -0.05) is 6.58 Å². The molecule has 1 heterocycles. The van der Waals surface area contributed by atoms with Crippen molar-refractivity contribution in [2.24, 2.45) is 0 Å². The van der Waals surface area contributed by atoms with Gasteiger partial charge in [0.05, 0.1) is 41.1 Å². The van der Waals surface area contributed by atoms with Crippen LogP contribution in [0.1, 0.15) is 18.1 Å². The Labute approximate surface area is 235 Å². The number of likely N-dealkylation sites (N-methyl/N-ethyl adjacent to an activating group) is 2. The van der Waals surface area contributed by atoms with Crippen LogP contribution < -0.4 is 25.6 Å². The van der Waals surface area contributed by atoms with Crippen LogP contribution in [0.5, 0.6) is 5.75 Å². The first-order valence-electron chi connectivity index (χ1n) is 12.5. The van der Waals surface area contributed by atoms with E-state index in [1.54, 1.807) is 45.5 Å². The molecule has 0 atom stereocenters. The van der Waals surface area contributed by atoms with Crippen LogP contribution in [0, 0.1) is 16.7 Å². The molecule has 0 radical (unpaired) electrons. The quantitative estimate of drug-likeness (QED) is 0.195. The minimum absolute atomic E-state index is 0.287. The number of amides is 1. The Morgan fingerprint density at radius 2 is 1.95 bits per heavy atom. The van der Waals surface area contributed by atoms with E-state index in [0.717, 1.165) is 18.8 Å². The molecule has 4 N–H and O–H groups in total. The third-order valence-corrected chi connectivity index (χ3v) is 6.17. The summed E-state index contributed by atoms with van der Waals surface area (Å²) in [4.78, 5) is 25.4. The topological polar surface area (TPSA) is 142 Å². The molecule has 3 rings (SSSR count). The van der Waals surface area contributed by atoms with E-state index < -0.39 is 0 Å². The second kappa shape index (κ2) is 13.2. The molecule has 0 aliphatic heterocycles. The summed E-state index contributed by atoms with van der Waals surface area (Å²) in [6.07, 6.45) is 2.82. The maximum atomic E-state index is 12.2. The molecule has 0 unspecified atom stereocenters. The molecule has 0 spiro atoms. The molecule has 208 valence electrons. The summed E-state index contributed by atoms with van der Waals surface area (Å²) < 4.78 is 5.68. The fourth-order valence-corrected chi connectivity index (χ4v) is 4.05. The predicted octanol–water partition coefficient (Wildman–Crippen LogP) is 4.32. The van der Waals surface area contributed by atoms with Crippen molar-refractivity contribution in [3.8, 4) is 23.1 Å². The molecule has 0 aliphatic carbocycles. The normalized spacial score (nSPS) is 10.4. The van der Waals surface area contributed by atoms with E-state index in [0.29, 0.717) is 50.9 Å². The van der Waals surface area contributed by atoms with Crippen LogP contribution in [0.15, 0.2) is 49.2 Å². The minimum atomic E-state index is -0.341. The van der Waals surface area contributed by atoms with E-state index in [2.05, 4.69) is 43.5 Å². The van der Waals surface area contributed by atoms with Crippen LogP contribution in [-0.4, -0.2) is 74.9 Å². The summed E-state index contributed by atoms with van der Waals surface area (Å²) >= 11 is 0. The molecule has 0 aliphatic rings. The number of nitrogens with zero attached hydrogens (tertiary/aromatic N) is 5. The van der Waals surface area contributed by atoms with Crippen molar-refractivity contribution >= 4 is 40.3 Å². The lowest BCUT2D eigenvalue weighted by Gasteiger charge is -2.26. The van der Waals surface area contributed by atoms with E-state index in [-0.39, 0.29) is 11.9 Å². The minimum Gasteiger partial charge on any atom is -0.494 e. The Balaban J connectivity index is 2.05. The van der Waals surface area contributed by atoms with Crippen LogP contribution in [0.3, 0.4) is 0 Å². The van der Waals surface area contributed by atoms with E-state index in [9.17, 15) is 10.1 Å². The van der Waals surface area contributed by atoms with Gasteiger partial charge in [0, 0.05) is 56.3 Å². The smallest absolute Gasteiger partial charge is 0.247 e. The molecule has 11 heteroatoms. The number of hydrogen-bond acceptors (Lipinski definition) is 10. The zero-order chi connectivity index (χ0) is 29.4. The number of hydrogen-bond donors (Lipinski definition) is 4. The molecule has 3 aromatic rings. The first-order chi connectivity index (χ1) is 19.1. The zero-order valence-corrected chi connectivity index (χ0v) is 23.7. The van der Waals surface area contributed by atoms with Gasteiger partial charge in [0.25, 0.3) is 0 Å².